The molecule has 162 valence electrons. The number of thioether (sulfide) groups is 1. The van der Waals surface area contributed by atoms with Crippen LogP contribution in [0.1, 0.15) is 52.7 Å². The minimum Gasteiger partial charge on any atom is -0.351 e. The topological polar surface area (TPSA) is 75.3 Å². The third-order valence-electron chi connectivity index (χ3n) is 5.54. The van der Waals surface area contributed by atoms with Gasteiger partial charge in [0.05, 0.1) is 4.90 Å². The molecule has 0 unspecified atom stereocenters. The first-order chi connectivity index (χ1) is 14.3. The van der Waals surface area contributed by atoms with Crippen LogP contribution in [0.5, 0.6) is 0 Å². The molecule has 0 aliphatic heterocycles. The molecule has 1 fully saturated rings. The van der Waals surface area contributed by atoms with Crippen LogP contribution < -0.4 is 10.0 Å². The molecule has 0 aromatic heterocycles. The average Bonchev–Trinajstić information content (AvgIpc) is 3.21. The lowest BCUT2D eigenvalue weighted by atomic mass is 10.1. The highest BCUT2D eigenvalue weighted by Crippen LogP contribution is 2.29. The number of hydrogen-bond acceptors (Lipinski definition) is 4. The largest absolute Gasteiger partial charge is 0.351 e. The van der Waals surface area contributed by atoms with Gasteiger partial charge >= 0.3 is 0 Å². The fourth-order valence-corrected chi connectivity index (χ4v) is 6.13. The molecule has 0 atom stereocenters. The third-order valence-corrected chi connectivity index (χ3v) is 8.45. The molecule has 0 bridgehead atoms. The predicted octanol–water partition coefficient (Wildman–Crippen LogP) is 4.82. The molecule has 5 nitrogen and oxygen atoms in total. The van der Waals surface area contributed by atoms with Gasteiger partial charge in [-0.1, -0.05) is 25.0 Å². The number of amides is 1. The second-order valence-electron chi connectivity index (χ2n) is 7.92. The summed E-state index contributed by atoms with van der Waals surface area (Å²) in [7, 11) is -3.80. The SMILES string of the molecule is Cc1ccc(NS(=O)(=O)c2cc(C(=O)NCCSC3CCCC3)ccc2C)cc1C. The van der Waals surface area contributed by atoms with Crippen molar-refractivity contribution in [3.63, 3.8) is 0 Å². The molecule has 0 spiro atoms. The van der Waals surface area contributed by atoms with Gasteiger partial charge in [-0.15, -0.1) is 0 Å². The Balaban J connectivity index is 1.66. The van der Waals surface area contributed by atoms with Crippen LogP contribution in [0.25, 0.3) is 0 Å². The van der Waals surface area contributed by atoms with Crippen molar-refractivity contribution < 1.29 is 13.2 Å². The fraction of sp³-hybridized carbons (Fsp3) is 0.435. The zero-order valence-corrected chi connectivity index (χ0v) is 19.5. The second-order valence-corrected chi connectivity index (χ2v) is 11.0. The summed E-state index contributed by atoms with van der Waals surface area (Å²) in [6.07, 6.45) is 5.15. The number of carbonyl (C=O) groups is 1. The summed E-state index contributed by atoms with van der Waals surface area (Å²) in [6.45, 7) is 6.23. The van der Waals surface area contributed by atoms with Gasteiger partial charge < -0.3 is 5.32 Å². The molecule has 1 aliphatic carbocycles. The van der Waals surface area contributed by atoms with E-state index in [1.54, 1.807) is 31.2 Å². The number of aryl methyl sites for hydroxylation is 3. The molecule has 1 aliphatic rings. The molecule has 0 heterocycles. The first-order valence-corrected chi connectivity index (χ1v) is 12.9. The van der Waals surface area contributed by atoms with E-state index in [1.807, 2.05) is 31.7 Å². The maximum Gasteiger partial charge on any atom is 0.262 e. The number of sulfonamides is 1. The van der Waals surface area contributed by atoms with Crippen LogP contribution in [0.15, 0.2) is 41.3 Å². The summed E-state index contributed by atoms with van der Waals surface area (Å²) in [5, 5.41) is 3.63. The van der Waals surface area contributed by atoms with Crippen LogP contribution in [-0.4, -0.2) is 31.9 Å². The summed E-state index contributed by atoms with van der Waals surface area (Å²) in [5.41, 5.74) is 3.57. The van der Waals surface area contributed by atoms with Gasteiger partial charge in [0.1, 0.15) is 0 Å². The van der Waals surface area contributed by atoms with Crippen LogP contribution in [-0.2, 0) is 10.0 Å². The van der Waals surface area contributed by atoms with Crippen LogP contribution in [0, 0.1) is 20.8 Å². The van der Waals surface area contributed by atoms with Crippen LogP contribution in [0.3, 0.4) is 0 Å². The van der Waals surface area contributed by atoms with Gasteiger partial charge in [-0.3, -0.25) is 9.52 Å². The number of nitrogens with one attached hydrogen (secondary N) is 2. The van der Waals surface area contributed by atoms with Crippen molar-refractivity contribution >= 4 is 33.4 Å². The molecule has 1 amide bonds. The van der Waals surface area contributed by atoms with Gasteiger partial charge in [-0.2, -0.15) is 11.8 Å². The molecule has 7 heteroatoms. The van der Waals surface area contributed by atoms with Crippen molar-refractivity contribution in [1.82, 2.24) is 5.32 Å². The molecule has 1 saturated carbocycles. The zero-order chi connectivity index (χ0) is 21.7. The Kier molecular flexibility index (Phi) is 7.47. The maximum absolute atomic E-state index is 13.0. The molecule has 30 heavy (non-hydrogen) atoms. The molecule has 0 saturated heterocycles. The van der Waals surface area contributed by atoms with E-state index in [4.69, 9.17) is 0 Å². The quantitative estimate of drug-likeness (QED) is 0.570. The smallest absolute Gasteiger partial charge is 0.262 e. The standard InChI is InChI=1S/C23H30N2O3S2/c1-16-9-11-20(14-18(16)3)25-30(27,28)22-15-19(10-8-17(22)2)23(26)24-12-13-29-21-6-4-5-7-21/h8-11,14-15,21,25H,4-7,12-13H2,1-3H3,(H,24,26). The Labute approximate surface area is 184 Å². The van der Waals surface area contributed by atoms with E-state index in [9.17, 15) is 13.2 Å². The maximum atomic E-state index is 13.0. The Morgan fingerprint density at radius 3 is 2.40 bits per heavy atom. The highest BCUT2D eigenvalue weighted by atomic mass is 32.2. The number of anilines is 1. The molecular formula is C23H30N2O3S2. The second kappa shape index (κ2) is 9.88. The van der Waals surface area contributed by atoms with Gasteiger partial charge in [0, 0.05) is 28.8 Å². The lowest BCUT2D eigenvalue weighted by Gasteiger charge is -2.13. The fourth-order valence-electron chi connectivity index (χ4n) is 3.59. The Bertz CT molecular complexity index is 1010. The van der Waals surface area contributed by atoms with Crippen molar-refractivity contribution in [3.8, 4) is 0 Å². The number of benzene rings is 2. The summed E-state index contributed by atoms with van der Waals surface area (Å²) >= 11 is 1.91. The van der Waals surface area contributed by atoms with Gasteiger partial charge in [-0.05, 0) is 74.6 Å². The van der Waals surface area contributed by atoms with Gasteiger partial charge in [0.15, 0.2) is 0 Å². The highest BCUT2D eigenvalue weighted by Gasteiger charge is 2.20. The Hall–Kier alpha value is -1.99. The predicted molar refractivity (Wildman–Crippen MR) is 125 cm³/mol. The van der Waals surface area contributed by atoms with Crippen LogP contribution >= 0.6 is 11.8 Å². The van der Waals surface area contributed by atoms with Crippen molar-refractivity contribution in [2.75, 3.05) is 17.0 Å². The van der Waals surface area contributed by atoms with Gasteiger partial charge in [-0.25, -0.2) is 8.42 Å². The van der Waals surface area contributed by atoms with Crippen molar-refractivity contribution in [3.05, 3.63) is 58.7 Å². The van der Waals surface area contributed by atoms with E-state index < -0.39 is 10.0 Å². The van der Waals surface area contributed by atoms with Crippen LogP contribution in [0.4, 0.5) is 5.69 Å². The monoisotopic (exact) mass is 446 g/mol. The minimum absolute atomic E-state index is 0.119. The van der Waals surface area contributed by atoms with E-state index in [1.165, 1.54) is 31.7 Å². The minimum atomic E-state index is -3.80. The lowest BCUT2D eigenvalue weighted by molar-refractivity contribution is 0.0956. The van der Waals surface area contributed by atoms with Gasteiger partial charge in [0.25, 0.3) is 15.9 Å². The van der Waals surface area contributed by atoms with Gasteiger partial charge in [0.2, 0.25) is 0 Å². The zero-order valence-electron chi connectivity index (χ0n) is 17.8. The Morgan fingerprint density at radius 2 is 1.70 bits per heavy atom. The molecule has 0 radical (unpaired) electrons. The normalized spacial score (nSPS) is 14.6. The third kappa shape index (κ3) is 5.79. The van der Waals surface area contributed by atoms with E-state index in [2.05, 4.69) is 10.0 Å². The number of rotatable bonds is 8. The molecular weight excluding hydrogens is 416 g/mol. The first kappa shape index (κ1) is 22.7. The molecule has 3 rings (SSSR count). The first-order valence-electron chi connectivity index (χ1n) is 10.4. The summed E-state index contributed by atoms with van der Waals surface area (Å²) in [6, 6.07) is 10.2. The van der Waals surface area contributed by atoms with Crippen molar-refractivity contribution in [1.29, 1.82) is 0 Å². The number of hydrogen-bond donors (Lipinski definition) is 2. The Morgan fingerprint density at radius 1 is 1.00 bits per heavy atom. The highest BCUT2D eigenvalue weighted by molar-refractivity contribution is 7.99. The lowest BCUT2D eigenvalue weighted by Crippen LogP contribution is -2.26. The van der Waals surface area contributed by atoms with E-state index in [0.29, 0.717) is 23.4 Å². The summed E-state index contributed by atoms with van der Waals surface area (Å²) < 4.78 is 28.5. The summed E-state index contributed by atoms with van der Waals surface area (Å²) in [5.74, 6) is 0.631. The van der Waals surface area contributed by atoms with Crippen molar-refractivity contribution in [2.24, 2.45) is 0 Å². The molecule has 2 aromatic rings. The average molecular weight is 447 g/mol. The number of carbonyl (C=O) groups excluding carboxylic acids is 1. The van der Waals surface area contributed by atoms with Crippen molar-refractivity contribution in [2.45, 2.75) is 56.6 Å². The summed E-state index contributed by atoms with van der Waals surface area (Å²) in [4.78, 5) is 12.7. The molecule has 2 N–H and O–H groups in total. The van der Waals surface area contributed by atoms with E-state index in [0.717, 1.165) is 22.1 Å². The van der Waals surface area contributed by atoms with E-state index >= 15 is 0 Å². The van der Waals surface area contributed by atoms with Crippen LogP contribution in [0.2, 0.25) is 0 Å². The van der Waals surface area contributed by atoms with E-state index in [-0.39, 0.29) is 10.8 Å². The molecule has 2 aromatic carbocycles.